The van der Waals surface area contributed by atoms with Gasteiger partial charge in [0.15, 0.2) is 0 Å². The zero-order valence-corrected chi connectivity index (χ0v) is 63.8. The van der Waals surface area contributed by atoms with Crippen LogP contribution < -0.4 is 27.0 Å². The molecule has 4 aliphatic rings. The quantitative estimate of drug-likeness (QED) is 0.0503. The number of nitrogens with two attached hydrogens (primary N) is 1. The van der Waals surface area contributed by atoms with Crippen LogP contribution in [-0.4, -0.2) is 24.9 Å². The molecule has 0 saturated carbocycles. The van der Waals surface area contributed by atoms with Gasteiger partial charge in [0.25, 0.3) is 5.69 Å². The summed E-state index contributed by atoms with van der Waals surface area (Å²) in [6.07, 6.45) is 0. The van der Waals surface area contributed by atoms with Gasteiger partial charge in [0.05, 0.1) is 74.6 Å². The summed E-state index contributed by atoms with van der Waals surface area (Å²) in [6.45, 7) is 55.2. The van der Waals surface area contributed by atoms with Crippen molar-refractivity contribution in [3.63, 3.8) is 0 Å². The van der Waals surface area contributed by atoms with Crippen LogP contribution in [0.25, 0.3) is 66.6 Å². The largest absolute Gasteiger partial charge is 0.393 e. The number of thiophene rings is 1. The molecule has 0 aliphatic carbocycles. The molecule has 8 N–H and O–H groups in total. The van der Waals surface area contributed by atoms with E-state index >= 15 is 0 Å². The minimum Gasteiger partial charge on any atom is -0.393 e. The van der Waals surface area contributed by atoms with Crippen molar-refractivity contribution in [2.75, 3.05) is 27.0 Å². The summed E-state index contributed by atoms with van der Waals surface area (Å²) in [5.74, 6) is 0. The number of nitrogens with zero attached hydrogens (tertiary/aromatic N) is 3. The Morgan fingerprint density at radius 2 is 0.566 bits per heavy atom. The third-order valence-electron chi connectivity index (χ3n) is 20.9. The molecule has 13 heteroatoms. The molecule has 0 fully saturated rings. The topological polar surface area (TPSA) is 175 Å². The Kier molecular flexibility index (Phi) is 16.1. The number of hydrogen-bond donors (Lipinski definition) is 7. The van der Waals surface area contributed by atoms with E-state index in [2.05, 4.69) is 305 Å². The first kappa shape index (κ1) is 68.8. The van der Waals surface area contributed by atoms with Gasteiger partial charge in [-0.05, 0) is 140 Å². The number of nitro groups is 1. The number of aromatic amines is 2. The number of fused-ring (bicyclic) bond motifs is 16. The first-order chi connectivity index (χ1) is 45.8. The van der Waals surface area contributed by atoms with E-state index in [-0.39, 0.29) is 66.8 Å². The zero-order valence-electron chi connectivity index (χ0n) is 63.0. The summed E-state index contributed by atoms with van der Waals surface area (Å²) < 4.78 is 0. The standard InChI is InChI=1S/C86H104N10O2S/c1-79(2,3)49-29-45(30-50(37-49)80(4,5)6)67-58-25-27-60(88-58)69(47-33-53(83(13,14)15)39-54(34-47)84(16,17)18)73-77-78(93-65-44-99-43-64(65)92-77)74(95-73)70(48-35-55(85(19,20)21)40-56(36-48)86(22,23)24)61-28-26-59(89-61)68(46-31-51(81(7,8)9)38-52(32-46)82(10,11)12)72-76-75(71(67)94-72)90-62-41-57(87)66(96(97)98)42-63(62)91-76/h25-44,75-78,88-93H,87H2,1-24H3. The van der Waals surface area contributed by atoms with E-state index in [1.165, 1.54) is 44.5 Å². The molecule has 516 valence electrons. The summed E-state index contributed by atoms with van der Waals surface area (Å²) in [4.78, 5) is 33.6. The van der Waals surface area contributed by atoms with Gasteiger partial charge in [0.1, 0.15) is 5.69 Å². The fourth-order valence-corrected chi connectivity index (χ4v) is 15.2. The number of nitrogens with one attached hydrogen (secondary N) is 6. The summed E-state index contributed by atoms with van der Waals surface area (Å²) in [6, 6.07) is 39.2. The van der Waals surface area contributed by atoms with E-state index in [1.807, 2.05) is 0 Å². The maximum Gasteiger partial charge on any atom is 0.294 e. The number of nitro benzene ring substituents is 1. The molecule has 0 radical (unpaired) electrons. The molecule has 0 amide bonds. The molecule has 8 heterocycles. The number of nitrogen functional groups attached to an aromatic ring is 1. The molecule has 8 bridgehead atoms. The molecular formula is C86H104N10O2S. The fourth-order valence-electron chi connectivity index (χ4n) is 14.5. The first-order valence-corrected chi connectivity index (χ1v) is 36.4. The highest BCUT2D eigenvalue weighted by atomic mass is 32.1. The lowest BCUT2D eigenvalue weighted by atomic mass is 9.78. The number of benzene rings is 5. The highest BCUT2D eigenvalue weighted by Gasteiger charge is 2.44. The molecule has 4 unspecified atom stereocenters. The molecule has 5 aromatic carbocycles. The smallest absolute Gasteiger partial charge is 0.294 e. The van der Waals surface area contributed by atoms with Crippen molar-refractivity contribution in [1.82, 2.24) is 19.9 Å². The normalized spacial score (nSPS) is 17.3. The molecule has 4 aliphatic heterocycles. The maximum atomic E-state index is 12.9. The minimum absolute atomic E-state index is 0.0709. The first-order valence-electron chi connectivity index (χ1n) is 35.5. The van der Waals surface area contributed by atoms with Crippen LogP contribution in [0, 0.1) is 10.1 Å². The lowest BCUT2D eigenvalue weighted by molar-refractivity contribution is -0.383. The Bertz CT molecular complexity index is 4830. The Hall–Kier alpha value is -8.68. The van der Waals surface area contributed by atoms with Crippen LogP contribution >= 0.6 is 11.3 Å². The van der Waals surface area contributed by atoms with E-state index < -0.39 is 17.0 Å². The number of anilines is 5. The molecule has 4 atom stereocenters. The maximum absolute atomic E-state index is 12.9. The van der Waals surface area contributed by atoms with Crippen molar-refractivity contribution in [2.24, 2.45) is 0 Å². The van der Waals surface area contributed by atoms with E-state index in [9.17, 15) is 10.1 Å². The van der Waals surface area contributed by atoms with Gasteiger partial charge >= 0.3 is 0 Å². The second-order valence-corrected chi connectivity index (χ2v) is 37.7. The van der Waals surface area contributed by atoms with Gasteiger partial charge in [-0.15, -0.1) is 11.3 Å². The third-order valence-corrected chi connectivity index (χ3v) is 21.6. The van der Waals surface area contributed by atoms with Crippen molar-refractivity contribution in [3.8, 4) is 44.5 Å². The molecule has 9 aromatic rings. The Labute approximate surface area is 591 Å². The monoisotopic (exact) mass is 1340 g/mol. The van der Waals surface area contributed by atoms with Crippen LogP contribution in [0.15, 0.2) is 120 Å². The van der Waals surface area contributed by atoms with Crippen molar-refractivity contribution in [1.29, 1.82) is 0 Å². The van der Waals surface area contributed by atoms with Crippen LogP contribution in [0.2, 0.25) is 0 Å². The number of aromatic nitrogens is 4. The number of rotatable bonds is 5. The highest BCUT2D eigenvalue weighted by Crippen LogP contribution is 2.56. The van der Waals surface area contributed by atoms with Gasteiger partial charge in [0, 0.05) is 61.1 Å². The van der Waals surface area contributed by atoms with Crippen molar-refractivity contribution < 1.29 is 4.92 Å². The third kappa shape index (κ3) is 12.7. The van der Waals surface area contributed by atoms with E-state index in [0.29, 0.717) is 11.4 Å². The predicted octanol–water partition coefficient (Wildman–Crippen LogP) is 23.6. The average molecular weight is 1340 g/mol. The molecule has 99 heavy (non-hydrogen) atoms. The Morgan fingerprint density at radius 1 is 0.343 bits per heavy atom. The van der Waals surface area contributed by atoms with Crippen LogP contribution in [0.1, 0.15) is 258 Å². The van der Waals surface area contributed by atoms with Gasteiger partial charge in [0.2, 0.25) is 0 Å². The Morgan fingerprint density at radius 3 is 0.788 bits per heavy atom. The molecule has 0 spiro atoms. The minimum atomic E-state index is -0.588. The molecule has 12 nitrogen and oxygen atoms in total. The van der Waals surface area contributed by atoms with Gasteiger partial charge < -0.3 is 37.0 Å². The van der Waals surface area contributed by atoms with E-state index in [4.69, 9.17) is 15.7 Å². The van der Waals surface area contributed by atoms with Crippen LogP contribution in [0.3, 0.4) is 0 Å². The van der Waals surface area contributed by atoms with Gasteiger partial charge in [-0.3, -0.25) is 20.1 Å². The van der Waals surface area contributed by atoms with Crippen LogP contribution in [-0.2, 0) is 43.3 Å². The zero-order chi connectivity index (χ0) is 71.7. The molecular weight excluding hydrogens is 1240 g/mol. The highest BCUT2D eigenvalue weighted by molar-refractivity contribution is 7.09. The molecule has 4 aromatic heterocycles. The van der Waals surface area contributed by atoms with E-state index in [0.717, 1.165) is 101 Å². The summed E-state index contributed by atoms with van der Waals surface area (Å²) >= 11 is 1.69. The Balaban J connectivity index is 1.33. The SMILES string of the molecule is CC(C)(C)c1cc(-c2c3nc(c(-c4cc(C(C)(C)C)cc(C(C)(C)C)c4)c4ccc([nH]4)c(-c4cc(C(C)(C)C)cc(C(C)(C)C)c4)c4nc(c(-c5cc(C(C)(C)C)cc(C(C)(C)C)c5)c5ccc2[nH]5)C2Nc5cc(N)c([N+](=O)[O-])cc5NC42)C2Nc4cscc4NC32)cc(C(C)(C)C)c1. The summed E-state index contributed by atoms with van der Waals surface area (Å²) in [5.41, 5.74) is 32.7. The van der Waals surface area contributed by atoms with Crippen LogP contribution in [0.5, 0.6) is 0 Å². The van der Waals surface area contributed by atoms with Crippen molar-refractivity contribution >= 4 is 67.5 Å². The number of H-pyrrole nitrogens is 2. The lowest BCUT2D eigenvalue weighted by Crippen LogP contribution is -2.28. The summed E-state index contributed by atoms with van der Waals surface area (Å²) in [7, 11) is 0. The van der Waals surface area contributed by atoms with Crippen molar-refractivity contribution in [2.45, 2.75) is 234 Å². The second kappa shape index (κ2) is 23.2. The summed E-state index contributed by atoms with van der Waals surface area (Å²) in [5, 5.41) is 33.7. The van der Waals surface area contributed by atoms with Crippen LogP contribution in [0.4, 0.5) is 34.1 Å². The molecule has 13 rings (SSSR count). The van der Waals surface area contributed by atoms with E-state index in [1.54, 1.807) is 23.5 Å². The fraction of sp³-hybridized carbons (Fsp3) is 0.419. The van der Waals surface area contributed by atoms with Gasteiger partial charge in [-0.2, -0.15) is 0 Å². The predicted molar refractivity (Wildman–Crippen MR) is 420 cm³/mol. The van der Waals surface area contributed by atoms with Gasteiger partial charge in [-0.25, -0.2) is 0 Å². The lowest BCUT2D eigenvalue weighted by Gasteiger charge is -2.33. The molecule has 0 saturated heterocycles. The number of hydrogen-bond acceptors (Lipinski definition) is 10. The van der Waals surface area contributed by atoms with Crippen molar-refractivity contribution in [3.05, 3.63) is 197 Å². The second-order valence-electron chi connectivity index (χ2n) is 36.9. The average Bonchev–Trinajstić information content (AvgIpc) is 1.58. The van der Waals surface area contributed by atoms with Gasteiger partial charge in [-0.1, -0.05) is 239 Å².